The van der Waals surface area contributed by atoms with Crippen LogP contribution in [0, 0.1) is 6.92 Å². The molecule has 1 fully saturated rings. The van der Waals surface area contributed by atoms with Gasteiger partial charge in [-0.2, -0.15) is 0 Å². The predicted octanol–water partition coefficient (Wildman–Crippen LogP) is 5.18. The number of pyridine rings is 1. The topological polar surface area (TPSA) is 41.2 Å². The minimum Gasteiger partial charge on any atom is -0.379 e. The van der Waals surface area contributed by atoms with Crippen LogP contribution >= 0.6 is 11.6 Å². The van der Waals surface area contributed by atoms with Crippen LogP contribution in [0.15, 0.2) is 48.5 Å². The summed E-state index contributed by atoms with van der Waals surface area (Å²) in [5, 5.41) is 1.88. The lowest BCUT2D eigenvalue weighted by atomic mass is 10.1. The lowest BCUT2D eigenvalue weighted by molar-refractivity contribution is 0.0342. The molecule has 0 atom stereocenters. The summed E-state index contributed by atoms with van der Waals surface area (Å²) in [6.45, 7) is 6.68. The number of hydrogen-bond donors (Lipinski definition) is 1. The zero-order valence-corrected chi connectivity index (χ0v) is 16.6. The molecule has 142 valence electrons. The third-order valence-corrected chi connectivity index (χ3v) is 5.66. The van der Waals surface area contributed by atoms with E-state index in [1.807, 2.05) is 18.2 Å². The first-order valence-electron chi connectivity index (χ1n) is 9.65. The average molecular weight is 392 g/mol. The second kappa shape index (κ2) is 7.21. The maximum Gasteiger partial charge on any atom is 0.0965 e. The number of H-pyrrole nitrogens is 1. The van der Waals surface area contributed by atoms with Gasteiger partial charge < -0.3 is 9.72 Å². The summed E-state index contributed by atoms with van der Waals surface area (Å²) in [6, 6.07) is 16.7. The Morgan fingerprint density at radius 2 is 1.93 bits per heavy atom. The van der Waals surface area contributed by atoms with E-state index in [-0.39, 0.29) is 0 Å². The van der Waals surface area contributed by atoms with Crippen molar-refractivity contribution in [2.75, 3.05) is 26.3 Å². The highest BCUT2D eigenvalue weighted by molar-refractivity contribution is 6.30. The van der Waals surface area contributed by atoms with Crippen LogP contribution in [0.2, 0.25) is 5.02 Å². The van der Waals surface area contributed by atoms with Gasteiger partial charge in [0.15, 0.2) is 0 Å². The van der Waals surface area contributed by atoms with Crippen molar-refractivity contribution in [2.24, 2.45) is 0 Å². The molecule has 1 aliphatic heterocycles. The summed E-state index contributed by atoms with van der Waals surface area (Å²) in [5.74, 6) is 0. The number of aromatic nitrogens is 2. The van der Waals surface area contributed by atoms with Gasteiger partial charge in [-0.15, -0.1) is 0 Å². The number of fused-ring (bicyclic) bond motifs is 3. The SMILES string of the molecule is Cc1cc2[nH]c3cc(CN4CCOCC4)ccc3c2nc1-c1cccc(Cl)c1. The van der Waals surface area contributed by atoms with Gasteiger partial charge in [0, 0.05) is 41.1 Å². The van der Waals surface area contributed by atoms with Crippen LogP contribution in [-0.2, 0) is 11.3 Å². The van der Waals surface area contributed by atoms with E-state index in [9.17, 15) is 0 Å². The molecule has 4 nitrogen and oxygen atoms in total. The standard InChI is InChI=1S/C23H22ClN3O/c1-15-11-21-23(26-22(15)17-3-2-4-18(24)13-17)19-6-5-16(12-20(19)25-21)14-27-7-9-28-10-8-27/h2-6,11-13,25H,7-10,14H2,1H3. The smallest absolute Gasteiger partial charge is 0.0965 e. The fourth-order valence-corrected chi connectivity index (χ4v) is 4.19. The van der Waals surface area contributed by atoms with Crippen LogP contribution in [-0.4, -0.2) is 41.2 Å². The van der Waals surface area contributed by atoms with Crippen LogP contribution in [0.5, 0.6) is 0 Å². The van der Waals surface area contributed by atoms with Gasteiger partial charge in [0.2, 0.25) is 0 Å². The minimum absolute atomic E-state index is 0.727. The Bertz CT molecular complexity index is 1160. The van der Waals surface area contributed by atoms with E-state index in [4.69, 9.17) is 21.3 Å². The van der Waals surface area contributed by atoms with Gasteiger partial charge in [0.25, 0.3) is 0 Å². The van der Waals surface area contributed by atoms with E-state index in [1.165, 1.54) is 5.56 Å². The number of nitrogens with one attached hydrogen (secondary N) is 1. The van der Waals surface area contributed by atoms with Crippen molar-refractivity contribution >= 4 is 33.5 Å². The number of ether oxygens (including phenoxy) is 1. The quantitative estimate of drug-likeness (QED) is 0.523. The van der Waals surface area contributed by atoms with Crippen LogP contribution in [0.25, 0.3) is 33.2 Å². The summed E-state index contributed by atoms with van der Waals surface area (Å²) >= 11 is 6.19. The summed E-state index contributed by atoms with van der Waals surface area (Å²) in [6.07, 6.45) is 0. The lowest BCUT2D eigenvalue weighted by Crippen LogP contribution is -2.35. The predicted molar refractivity (Wildman–Crippen MR) is 115 cm³/mol. The Hall–Kier alpha value is -2.40. The van der Waals surface area contributed by atoms with E-state index >= 15 is 0 Å². The Kier molecular flexibility index (Phi) is 4.55. The van der Waals surface area contributed by atoms with E-state index in [2.05, 4.69) is 47.1 Å². The third-order valence-electron chi connectivity index (χ3n) is 5.43. The molecule has 0 amide bonds. The minimum atomic E-state index is 0.727. The molecule has 0 spiro atoms. The molecule has 3 heterocycles. The highest BCUT2D eigenvalue weighted by Gasteiger charge is 2.14. The molecule has 5 heteroatoms. The second-order valence-corrected chi connectivity index (χ2v) is 7.89. The van der Waals surface area contributed by atoms with Crippen molar-refractivity contribution in [3.05, 3.63) is 64.7 Å². The zero-order chi connectivity index (χ0) is 19.1. The molecule has 0 radical (unpaired) electrons. The van der Waals surface area contributed by atoms with Crippen LogP contribution < -0.4 is 0 Å². The molecule has 0 saturated carbocycles. The normalized spacial score (nSPS) is 15.5. The molecule has 2 aromatic carbocycles. The molecular formula is C23H22ClN3O. The van der Waals surface area contributed by atoms with Gasteiger partial charge in [-0.05, 0) is 42.3 Å². The van der Waals surface area contributed by atoms with E-state index in [0.717, 1.165) is 76.6 Å². The number of halogens is 1. The molecule has 4 aromatic rings. The zero-order valence-electron chi connectivity index (χ0n) is 15.8. The lowest BCUT2D eigenvalue weighted by Gasteiger charge is -2.26. The van der Waals surface area contributed by atoms with Gasteiger partial charge in [0.1, 0.15) is 0 Å². The van der Waals surface area contributed by atoms with Gasteiger partial charge in [-0.1, -0.05) is 35.9 Å². The van der Waals surface area contributed by atoms with Crippen LogP contribution in [0.3, 0.4) is 0 Å². The highest BCUT2D eigenvalue weighted by Crippen LogP contribution is 2.31. The second-order valence-electron chi connectivity index (χ2n) is 7.45. The maximum atomic E-state index is 6.19. The summed E-state index contributed by atoms with van der Waals surface area (Å²) in [4.78, 5) is 11.0. The molecule has 28 heavy (non-hydrogen) atoms. The Labute approximate surface area is 169 Å². The largest absolute Gasteiger partial charge is 0.379 e. The van der Waals surface area contributed by atoms with Crippen molar-refractivity contribution in [3.63, 3.8) is 0 Å². The number of benzene rings is 2. The number of hydrogen-bond acceptors (Lipinski definition) is 3. The number of rotatable bonds is 3. The first kappa shape index (κ1) is 17.7. The molecule has 1 aliphatic rings. The summed E-state index contributed by atoms with van der Waals surface area (Å²) in [7, 11) is 0. The molecule has 0 unspecified atom stereocenters. The molecule has 5 rings (SSSR count). The Balaban J connectivity index is 1.56. The van der Waals surface area contributed by atoms with Crippen molar-refractivity contribution in [2.45, 2.75) is 13.5 Å². The fraction of sp³-hybridized carbons (Fsp3) is 0.261. The third kappa shape index (κ3) is 3.28. The molecule has 1 saturated heterocycles. The van der Waals surface area contributed by atoms with Crippen molar-refractivity contribution in [3.8, 4) is 11.3 Å². The Morgan fingerprint density at radius 1 is 1.07 bits per heavy atom. The average Bonchev–Trinajstić information content (AvgIpc) is 3.04. The molecular weight excluding hydrogens is 370 g/mol. The molecule has 0 bridgehead atoms. The van der Waals surface area contributed by atoms with Crippen molar-refractivity contribution < 1.29 is 4.74 Å². The highest BCUT2D eigenvalue weighted by atomic mass is 35.5. The van der Waals surface area contributed by atoms with E-state index in [0.29, 0.717) is 0 Å². The number of aryl methyl sites for hydroxylation is 1. The molecule has 1 N–H and O–H groups in total. The molecule has 0 aliphatic carbocycles. The van der Waals surface area contributed by atoms with Crippen molar-refractivity contribution in [1.29, 1.82) is 0 Å². The number of nitrogens with zero attached hydrogens (tertiary/aromatic N) is 2. The van der Waals surface area contributed by atoms with Crippen LogP contribution in [0.1, 0.15) is 11.1 Å². The fourth-order valence-electron chi connectivity index (χ4n) is 4.00. The van der Waals surface area contributed by atoms with Gasteiger partial charge in [0.05, 0.1) is 29.9 Å². The van der Waals surface area contributed by atoms with Crippen molar-refractivity contribution in [1.82, 2.24) is 14.9 Å². The first-order chi connectivity index (χ1) is 13.7. The Morgan fingerprint density at radius 3 is 2.75 bits per heavy atom. The van der Waals surface area contributed by atoms with Crippen LogP contribution in [0.4, 0.5) is 0 Å². The monoisotopic (exact) mass is 391 g/mol. The summed E-state index contributed by atoms with van der Waals surface area (Å²) in [5.41, 5.74) is 7.69. The van der Waals surface area contributed by atoms with Gasteiger partial charge >= 0.3 is 0 Å². The van der Waals surface area contributed by atoms with E-state index < -0.39 is 0 Å². The number of aromatic amines is 1. The van der Waals surface area contributed by atoms with Gasteiger partial charge in [-0.3, -0.25) is 4.90 Å². The first-order valence-corrected chi connectivity index (χ1v) is 10.0. The molecule has 2 aromatic heterocycles. The van der Waals surface area contributed by atoms with E-state index in [1.54, 1.807) is 0 Å². The summed E-state index contributed by atoms with van der Waals surface area (Å²) < 4.78 is 5.45. The number of morpholine rings is 1. The van der Waals surface area contributed by atoms with Gasteiger partial charge in [-0.25, -0.2) is 4.98 Å². The maximum absolute atomic E-state index is 6.19.